The number of amides is 1. The number of hydrogen-bond donors (Lipinski definition) is 1. The number of oxazole rings is 1. The van der Waals surface area contributed by atoms with E-state index in [1.54, 1.807) is 25.1 Å². The average Bonchev–Trinajstić information content (AvgIpc) is 3.27. The Labute approximate surface area is 141 Å². The Kier molecular flexibility index (Phi) is 4.48. The Morgan fingerprint density at radius 3 is 2.92 bits per heavy atom. The highest BCUT2D eigenvalue weighted by molar-refractivity contribution is 7.16. The first-order valence-electron chi connectivity index (χ1n) is 7.16. The maximum absolute atomic E-state index is 12.5. The van der Waals surface area contributed by atoms with Crippen molar-refractivity contribution in [3.05, 3.63) is 47.0 Å². The largest absolute Gasteiger partial charge is 0.462 e. The molecule has 8 heteroatoms. The number of nitrogens with one attached hydrogen (secondary N) is 1. The van der Waals surface area contributed by atoms with Crippen LogP contribution in [0.25, 0.3) is 11.5 Å². The van der Waals surface area contributed by atoms with Crippen LogP contribution in [0.4, 0.5) is 5.00 Å². The van der Waals surface area contributed by atoms with Gasteiger partial charge in [0.05, 0.1) is 18.4 Å². The molecule has 24 heavy (non-hydrogen) atoms. The van der Waals surface area contributed by atoms with Crippen molar-refractivity contribution in [3.8, 4) is 11.5 Å². The SMILES string of the molecule is CCOC(=O)c1cc(C)sc1NC(=O)c1ncoc1-c1ccco1. The van der Waals surface area contributed by atoms with E-state index in [0.29, 0.717) is 16.3 Å². The number of carbonyl (C=O) groups is 2. The summed E-state index contributed by atoms with van der Waals surface area (Å²) in [6, 6.07) is 5.02. The third-order valence-corrected chi connectivity index (χ3v) is 4.07. The number of anilines is 1. The van der Waals surface area contributed by atoms with Crippen molar-refractivity contribution in [2.75, 3.05) is 11.9 Å². The quantitative estimate of drug-likeness (QED) is 0.707. The van der Waals surface area contributed by atoms with E-state index >= 15 is 0 Å². The van der Waals surface area contributed by atoms with E-state index in [1.807, 2.05) is 6.92 Å². The summed E-state index contributed by atoms with van der Waals surface area (Å²) in [6.07, 6.45) is 2.64. The van der Waals surface area contributed by atoms with Crippen LogP contribution < -0.4 is 5.32 Å². The molecule has 0 saturated carbocycles. The van der Waals surface area contributed by atoms with Crippen LogP contribution in [-0.2, 0) is 4.74 Å². The number of nitrogens with zero attached hydrogens (tertiary/aromatic N) is 1. The first kappa shape index (κ1) is 16.0. The van der Waals surface area contributed by atoms with Gasteiger partial charge in [-0.1, -0.05) is 0 Å². The van der Waals surface area contributed by atoms with Crippen LogP contribution >= 0.6 is 11.3 Å². The Morgan fingerprint density at radius 1 is 1.38 bits per heavy atom. The molecule has 0 unspecified atom stereocenters. The molecule has 3 aromatic rings. The van der Waals surface area contributed by atoms with Gasteiger partial charge >= 0.3 is 5.97 Å². The van der Waals surface area contributed by atoms with Crippen LogP contribution in [0.1, 0.15) is 32.6 Å². The van der Waals surface area contributed by atoms with E-state index in [9.17, 15) is 9.59 Å². The van der Waals surface area contributed by atoms with Crippen molar-refractivity contribution in [1.29, 1.82) is 0 Å². The highest BCUT2D eigenvalue weighted by Crippen LogP contribution is 2.30. The van der Waals surface area contributed by atoms with E-state index in [2.05, 4.69) is 10.3 Å². The molecule has 0 fully saturated rings. The van der Waals surface area contributed by atoms with Crippen LogP contribution in [0.3, 0.4) is 0 Å². The average molecular weight is 346 g/mol. The van der Waals surface area contributed by atoms with Crippen LogP contribution in [0.2, 0.25) is 0 Å². The van der Waals surface area contributed by atoms with Crippen LogP contribution in [0.15, 0.2) is 39.7 Å². The summed E-state index contributed by atoms with van der Waals surface area (Å²) < 4.78 is 15.5. The molecule has 0 aromatic carbocycles. The van der Waals surface area contributed by atoms with Gasteiger partial charge in [-0.05, 0) is 32.0 Å². The Bertz CT molecular complexity index is 863. The molecule has 0 atom stereocenters. The number of rotatable bonds is 5. The van der Waals surface area contributed by atoms with Crippen molar-refractivity contribution in [2.45, 2.75) is 13.8 Å². The molecule has 7 nitrogen and oxygen atoms in total. The zero-order valence-electron chi connectivity index (χ0n) is 13.0. The second-order valence-electron chi connectivity index (χ2n) is 4.78. The number of esters is 1. The molecule has 0 spiro atoms. The first-order valence-corrected chi connectivity index (χ1v) is 7.98. The van der Waals surface area contributed by atoms with Crippen molar-refractivity contribution in [3.63, 3.8) is 0 Å². The third kappa shape index (κ3) is 3.09. The molecule has 0 radical (unpaired) electrons. The summed E-state index contributed by atoms with van der Waals surface area (Å²) in [5, 5.41) is 3.10. The van der Waals surface area contributed by atoms with Gasteiger partial charge in [-0.15, -0.1) is 11.3 Å². The molecule has 0 bridgehead atoms. The summed E-state index contributed by atoms with van der Waals surface area (Å²) in [4.78, 5) is 29.3. The zero-order chi connectivity index (χ0) is 17.1. The number of furan rings is 1. The molecule has 124 valence electrons. The molecule has 0 saturated heterocycles. The molecular formula is C16H14N2O5S. The topological polar surface area (TPSA) is 94.6 Å². The highest BCUT2D eigenvalue weighted by atomic mass is 32.1. The summed E-state index contributed by atoms with van der Waals surface area (Å²) in [6.45, 7) is 3.82. The van der Waals surface area contributed by atoms with Crippen molar-refractivity contribution in [1.82, 2.24) is 4.98 Å². The highest BCUT2D eigenvalue weighted by Gasteiger charge is 2.23. The second kappa shape index (κ2) is 6.71. The number of carbonyl (C=O) groups excluding carboxylic acids is 2. The van der Waals surface area contributed by atoms with Crippen LogP contribution in [0, 0.1) is 6.92 Å². The summed E-state index contributed by atoms with van der Waals surface area (Å²) in [5.41, 5.74) is 0.390. The Hall–Kier alpha value is -2.87. The van der Waals surface area contributed by atoms with E-state index in [4.69, 9.17) is 13.6 Å². The fourth-order valence-electron chi connectivity index (χ4n) is 2.12. The van der Waals surface area contributed by atoms with Crippen LogP contribution in [-0.4, -0.2) is 23.5 Å². The predicted molar refractivity (Wildman–Crippen MR) is 87.2 cm³/mol. The third-order valence-electron chi connectivity index (χ3n) is 3.11. The van der Waals surface area contributed by atoms with Gasteiger partial charge in [-0.2, -0.15) is 0 Å². The number of aromatic nitrogens is 1. The number of hydrogen-bond acceptors (Lipinski definition) is 7. The standard InChI is InChI=1S/C16H14N2O5S/c1-3-21-16(20)10-7-9(2)24-15(10)18-14(19)12-13(23-8-17-12)11-5-4-6-22-11/h4-8H,3H2,1-2H3,(H,18,19). The van der Waals surface area contributed by atoms with Crippen molar-refractivity contribution < 1.29 is 23.2 Å². The fourth-order valence-corrected chi connectivity index (χ4v) is 3.02. The lowest BCUT2D eigenvalue weighted by Crippen LogP contribution is -2.15. The fraction of sp³-hybridized carbons (Fsp3) is 0.188. The van der Waals surface area contributed by atoms with E-state index < -0.39 is 11.9 Å². The number of aryl methyl sites for hydroxylation is 1. The van der Waals surface area contributed by atoms with E-state index in [1.165, 1.54) is 24.0 Å². The molecule has 1 amide bonds. The van der Waals surface area contributed by atoms with E-state index in [0.717, 1.165) is 4.88 Å². The van der Waals surface area contributed by atoms with Gasteiger partial charge in [0.25, 0.3) is 5.91 Å². The maximum Gasteiger partial charge on any atom is 0.341 e. The van der Waals surface area contributed by atoms with E-state index in [-0.39, 0.29) is 18.1 Å². The lowest BCUT2D eigenvalue weighted by atomic mass is 10.2. The second-order valence-corrected chi connectivity index (χ2v) is 6.04. The summed E-state index contributed by atoms with van der Waals surface area (Å²) in [5.74, 6) is -0.361. The van der Waals surface area contributed by atoms with Crippen LogP contribution in [0.5, 0.6) is 0 Å². The van der Waals surface area contributed by atoms with Gasteiger partial charge in [-0.25, -0.2) is 9.78 Å². The smallest absolute Gasteiger partial charge is 0.341 e. The zero-order valence-corrected chi connectivity index (χ0v) is 13.8. The lowest BCUT2D eigenvalue weighted by molar-refractivity contribution is 0.0528. The van der Waals surface area contributed by atoms with Gasteiger partial charge in [0.1, 0.15) is 5.00 Å². The Morgan fingerprint density at radius 2 is 2.21 bits per heavy atom. The summed E-state index contributed by atoms with van der Waals surface area (Å²) >= 11 is 1.28. The monoisotopic (exact) mass is 346 g/mol. The minimum Gasteiger partial charge on any atom is -0.462 e. The lowest BCUT2D eigenvalue weighted by Gasteiger charge is -2.05. The molecule has 1 N–H and O–H groups in total. The van der Waals surface area contributed by atoms with Gasteiger partial charge in [-0.3, -0.25) is 4.79 Å². The Balaban J connectivity index is 1.87. The summed E-state index contributed by atoms with van der Waals surface area (Å²) in [7, 11) is 0. The normalized spacial score (nSPS) is 10.6. The van der Waals surface area contributed by atoms with Gasteiger partial charge in [0.2, 0.25) is 5.76 Å². The molecule has 0 aliphatic heterocycles. The molecule has 3 aromatic heterocycles. The molecule has 0 aliphatic carbocycles. The van der Waals surface area contributed by atoms with Gasteiger partial charge in [0.15, 0.2) is 17.8 Å². The molecule has 3 rings (SSSR count). The molecule has 0 aliphatic rings. The van der Waals surface area contributed by atoms with Crippen molar-refractivity contribution in [2.24, 2.45) is 0 Å². The predicted octanol–water partition coefficient (Wildman–Crippen LogP) is 3.73. The maximum atomic E-state index is 12.5. The molecular weight excluding hydrogens is 332 g/mol. The van der Waals surface area contributed by atoms with Gasteiger partial charge in [0, 0.05) is 4.88 Å². The number of ether oxygens (including phenoxy) is 1. The van der Waals surface area contributed by atoms with Gasteiger partial charge < -0.3 is 18.9 Å². The minimum atomic E-state index is -0.498. The minimum absolute atomic E-state index is 0.0748. The number of thiophene rings is 1. The first-order chi connectivity index (χ1) is 11.6. The molecule has 3 heterocycles. The van der Waals surface area contributed by atoms with Crippen molar-refractivity contribution >= 4 is 28.2 Å².